The van der Waals surface area contributed by atoms with Crippen molar-refractivity contribution in [3.63, 3.8) is 0 Å². The van der Waals surface area contributed by atoms with Crippen molar-refractivity contribution in [3.05, 3.63) is 42.6 Å². The van der Waals surface area contributed by atoms with Crippen LogP contribution in [0.2, 0.25) is 0 Å². The van der Waals surface area contributed by atoms with Crippen LogP contribution in [-0.2, 0) is 14.8 Å². The largest absolute Gasteiger partial charge is 0.381 e. The van der Waals surface area contributed by atoms with Crippen LogP contribution in [0, 0.1) is 6.92 Å². The first-order valence-electron chi connectivity index (χ1n) is 9.12. The molecule has 0 aliphatic carbocycles. The highest BCUT2D eigenvalue weighted by Gasteiger charge is 2.23. The number of nitrogens with zero attached hydrogens (tertiary/aromatic N) is 5. The monoisotopic (exact) mass is 415 g/mol. The van der Waals surface area contributed by atoms with Gasteiger partial charge in [-0.2, -0.15) is 9.78 Å². The molecular formula is C18H21N7O3S. The lowest BCUT2D eigenvalue weighted by Crippen LogP contribution is -2.38. The normalized spacial score (nSPS) is 15.5. The summed E-state index contributed by atoms with van der Waals surface area (Å²) in [6.07, 6.45) is 5.66. The van der Waals surface area contributed by atoms with E-state index in [1.54, 1.807) is 18.2 Å². The zero-order chi connectivity index (χ0) is 20.4. The standard InChI is InChI=1S/C18H21N7O3S/c1-12-2-3-14(29(26,27)24-13-4-6-28-7-5-13)8-15(12)16-9-21-17(19)18(23-16)25-11-20-10-22-25/h2-3,8-11,13,24H,4-7H2,1H3,(H2,19,21). The Morgan fingerprint density at radius 3 is 2.79 bits per heavy atom. The molecule has 0 amide bonds. The van der Waals surface area contributed by atoms with E-state index in [1.165, 1.54) is 23.5 Å². The molecule has 1 aliphatic rings. The maximum Gasteiger partial charge on any atom is 0.240 e. The Labute approximate surface area is 168 Å². The molecule has 1 saturated heterocycles. The summed E-state index contributed by atoms with van der Waals surface area (Å²) in [4.78, 5) is 12.8. The van der Waals surface area contributed by atoms with E-state index in [1.807, 2.05) is 6.92 Å². The summed E-state index contributed by atoms with van der Waals surface area (Å²) in [7, 11) is -3.67. The van der Waals surface area contributed by atoms with Gasteiger partial charge in [0.2, 0.25) is 10.0 Å². The van der Waals surface area contributed by atoms with Crippen molar-refractivity contribution >= 4 is 15.8 Å². The number of sulfonamides is 1. The highest BCUT2D eigenvalue weighted by Crippen LogP contribution is 2.26. The lowest BCUT2D eigenvalue weighted by atomic mass is 10.1. The van der Waals surface area contributed by atoms with Crippen LogP contribution in [-0.4, -0.2) is 52.4 Å². The first-order valence-corrected chi connectivity index (χ1v) is 10.6. The third-order valence-corrected chi connectivity index (χ3v) is 6.27. The third-order valence-electron chi connectivity index (χ3n) is 4.76. The number of nitrogens with two attached hydrogens (primary N) is 1. The Hall–Kier alpha value is -2.89. The van der Waals surface area contributed by atoms with Crippen molar-refractivity contribution in [2.24, 2.45) is 0 Å². The van der Waals surface area contributed by atoms with Gasteiger partial charge < -0.3 is 10.5 Å². The maximum atomic E-state index is 12.9. The lowest BCUT2D eigenvalue weighted by Gasteiger charge is -2.23. The van der Waals surface area contributed by atoms with Crippen LogP contribution in [0.3, 0.4) is 0 Å². The second-order valence-electron chi connectivity index (χ2n) is 6.79. The fraction of sp³-hybridized carbons (Fsp3) is 0.333. The Morgan fingerprint density at radius 2 is 2.07 bits per heavy atom. The molecule has 11 heteroatoms. The first-order chi connectivity index (χ1) is 13.9. The minimum Gasteiger partial charge on any atom is -0.381 e. The summed E-state index contributed by atoms with van der Waals surface area (Å²) < 4.78 is 35.2. The molecular weight excluding hydrogens is 394 g/mol. The zero-order valence-electron chi connectivity index (χ0n) is 15.8. The van der Waals surface area contributed by atoms with Crippen LogP contribution in [0.4, 0.5) is 5.82 Å². The van der Waals surface area contributed by atoms with Crippen molar-refractivity contribution in [1.29, 1.82) is 0 Å². The van der Waals surface area contributed by atoms with E-state index < -0.39 is 10.0 Å². The molecule has 0 atom stereocenters. The average molecular weight is 415 g/mol. The van der Waals surface area contributed by atoms with E-state index in [0.717, 1.165) is 5.56 Å². The second-order valence-corrected chi connectivity index (χ2v) is 8.50. The minimum atomic E-state index is -3.67. The smallest absolute Gasteiger partial charge is 0.240 e. The topological polar surface area (TPSA) is 138 Å². The molecule has 0 radical (unpaired) electrons. The predicted octanol–water partition coefficient (Wildman–Crippen LogP) is 1.07. The number of aryl methyl sites for hydroxylation is 1. The summed E-state index contributed by atoms with van der Waals surface area (Å²) in [5.74, 6) is 0.523. The van der Waals surface area contributed by atoms with E-state index in [9.17, 15) is 8.42 Å². The molecule has 152 valence electrons. The number of nitrogen functional groups attached to an aromatic ring is 1. The van der Waals surface area contributed by atoms with Crippen molar-refractivity contribution < 1.29 is 13.2 Å². The fourth-order valence-electron chi connectivity index (χ4n) is 3.15. The Kier molecular flexibility index (Phi) is 5.26. The number of ether oxygens (including phenoxy) is 1. The SMILES string of the molecule is Cc1ccc(S(=O)(=O)NC2CCOCC2)cc1-c1cnc(N)c(-n2cncn2)n1. The van der Waals surface area contributed by atoms with Crippen molar-refractivity contribution in [1.82, 2.24) is 29.5 Å². The Balaban J connectivity index is 1.70. The van der Waals surface area contributed by atoms with Gasteiger partial charge in [-0.15, -0.1) is 0 Å². The Bertz CT molecular complexity index is 1110. The van der Waals surface area contributed by atoms with E-state index in [2.05, 4.69) is 24.8 Å². The van der Waals surface area contributed by atoms with Crippen LogP contribution in [0.15, 0.2) is 41.9 Å². The number of hydrogen-bond donors (Lipinski definition) is 2. The third kappa shape index (κ3) is 4.11. The molecule has 1 aliphatic heterocycles. The number of anilines is 1. The van der Waals surface area contributed by atoms with Crippen LogP contribution in [0.5, 0.6) is 0 Å². The van der Waals surface area contributed by atoms with Gasteiger partial charge in [0.15, 0.2) is 11.6 Å². The van der Waals surface area contributed by atoms with Crippen molar-refractivity contribution in [2.45, 2.75) is 30.7 Å². The molecule has 2 aromatic heterocycles. The molecule has 3 heterocycles. The summed E-state index contributed by atoms with van der Waals surface area (Å²) in [6.45, 7) is 2.99. The summed E-state index contributed by atoms with van der Waals surface area (Å²) in [6, 6.07) is 4.81. The average Bonchev–Trinajstić information content (AvgIpc) is 3.24. The van der Waals surface area contributed by atoms with Crippen LogP contribution < -0.4 is 10.5 Å². The molecule has 3 N–H and O–H groups in total. The Morgan fingerprint density at radius 1 is 1.28 bits per heavy atom. The maximum absolute atomic E-state index is 12.9. The van der Waals surface area contributed by atoms with Gasteiger partial charge in [-0.1, -0.05) is 6.07 Å². The van der Waals surface area contributed by atoms with Crippen molar-refractivity contribution in [2.75, 3.05) is 18.9 Å². The van der Waals surface area contributed by atoms with E-state index in [4.69, 9.17) is 10.5 Å². The van der Waals surface area contributed by atoms with Crippen LogP contribution >= 0.6 is 0 Å². The number of nitrogens with one attached hydrogen (secondary N) is 1. The molecule has 3 aromatic rings. The first kappa shape index (κ1) is 19.4. The number of rotatable bonds is 5. The molecule has 10 nitrogen and oxygen atoms in total. The van der Waals surface area contributed by atoms with Gasteiger partial charge in [-0.05, 0) is 37.5 Å². The molecule has 1 aromatic carbocycles. The molecule has 29 heavy (non-hydrogen) atoms. The summed E-state index contributed by atoms with van der Waals surface area (Å²) in [5.41, 5.74) is 7.92. The summed E-state index contributed by atoms with van der Waals surface area (Å²) >= 11 is 0. The molecule has 1 fully saturated rings. The van der Waals surface area contributed by atoms with Crippen LogP contribution in [0.25, 0.3) is 17.1 Å². The van der Waals surface area contributed by atoms with Gasteiger partial charge in [-0.25, -0.2) is 28.1 Å². The molecule has 0 unspecified atom stereocenters. The molecule has 0 saturated carbocycles. The highest BCUT2D eigenvalue weighted by atomic mass is 32.2. The van der Waals surface area contributed by atoms with Gasteiger partial charge in [0, 0.05) is 24.8 Å². The molecule has 0 bridgehead atoms. The van der Waals surface area contributed by atoms with Gasteiger partial charge >= 0.3 is 0 Å². The van der Waals surface area contributed by atoms with Gasteiger partial charge in [0.1, 0.15) is 12.7 Å². The number of benzene rings is 1. The summed E-state index contributed by atoms with van der Waals surface area (Å²) in [5, 5.41) is 4.03. The van der Waals surface area contributed by atoms with E-state index in [-0.39, 0.29) is 16.8 Å². The van der Waals surface area contributed by atoms with Gasteiger partial charge in [0.25, 0.3) is 0 Å². The predicted molar refractivity (Wildman–Crippen MR) is 106 cm³/mol. The lowest BCUT2D eigenvalue weighted by molar-refractivity contribution is 0.0832. The number of hydrogen-bond acceptors (Lipinski definition) is 8. The van der Waals surface area contributed by atoms with Gasteiger partial charge in [-0.3, -0.25) is 0 Å². The molecule has 0 spiro atoms. The zero-order valence-corrected chi connectivity index (χ0v) is 16.6. The highest BCUT2D eigenvalue weighted by molar-refractivity contribution is 7.89. The number of aromatic nitrogens is 5. The quantitative estimate of drug-likeness (QED) is 0.631. The molecule has 4 rings (SSSR count). The second kappa shape index (κ2) is 7.85. The van der Waals surface area contributed by atoms with Gasteiger partial charge in [0.05, 0.1) is 16.8 Å². The fourth-order valence-corrected chi connectivity index (χ4v) is 4.48. The van der Waals surface area contributed by atoms with Crippen LogP contribution in [0.1, 0.15) is 18.4 Å². The van der Waals surface area contributed by atoms with E-state index >= 15 is 0 Å². The minimum absolute atomic E-state index is 0.131. The van der Waals surface area contributed by atoms with Crippen molar-refractivity contribution in [3.8, 4) is 17.1 Å². The van der Waals surface area contributed by atoms with E-state index in [0.29, 0.717) is 43.1 Å².